The standard InChI is InChI=1S/C4H10N.ClH.Zr/c1-4(2,3)5;;/h5H,1-3H3;1H;/q-1;;+2/p-1. The molecule has 0 spiro atoms. The van der Waals surface area contributed by atoms with Crippen LogP contribution in [0.25, 0.3) is 5.73 Å². The van der Waals surface area contributed by atoms with Gasteiger partial charge < -0.3 is 18.1 Å². The molecule has 0 bridgehead atoms. The maximum Gasteiger partial charge on any atom is 2.00 e. The molecular weight excluding hydrogens is 189 g/mol. The second-order valence-corrected chi connectivity index (χ2v) is 2.25. The summed E-state index contributed by atoms with van der Waals surface area (Å²) in [6, 6.07) is 0. The zero-order chi connectivity index (χ0) is 4.50. The second-order valence-electron chi connectivity index (χ2n) is 2.25. The Morgan fingerprint density at radius 1 is 1.14 bits per heavy atom. The van der Waals surface area contributed by atoms with Gasteiger partial charge in [0.2, 0.25) is 0 Å². The van der Waals surface area contributed by atoms with Crippen molar-refractivity contribution in [1.82, 2.24) is 0 Å². The average molecular weight is 199 g/mol. The maximum absolute atomic E-state index is 6.94. The van der Waals surface area contributed by atoms with E-state index in [4.69, 9.17) is 5.73 Å². The molecule has 0 fully saturated rings. The van der Waals surface area contributed by atoms with E-state index in [-0.39, 0.29) is 44.1 Å². The van der Waals surface area contributed by atoms with Gasteiger partial charge in [-0.1, -0.05) is 20.8 Å². The molecular formula is C4H10ClNZr. The quantitative estimate of drug-likeness (QED) is 0.469. The predicted octanol–water partition coefficient (Wildman–Crippen LogP) is -1.16. The topological polar surface area (TPSA) is 23.8 Å². The van der Waals surface area contributed by atoms with Gasteiger partial charge in [-0.05, 0) is 0 Å². The molecule has 1 N–H and O–H groups in total. The Morgan fingerprint density at radius 3 is 1.14 bits per heavy atom. The minimum atomic E-state index is -0.250. The van der Waals surface area contributed by atoms with Gasteiger partial charge >= 0.3 is 26.2 Å². The summed E-state index contributed by atoms with van der Waals surface area (Å²) in [7, 11) is 0. The average Bonchev–Trinajstić information content (AvgIpc) is 0.722. The Morgan fingerprint density at radius 2 is 1.14 bits per heavy atom. The van der Waals surface area contributed by atoms with Gasteiger partial charge in [0.15, 0.2) is 0 Å². The van der Waals surface area contributed by atoms with Gasteiger partial charge in [0, 0.05) is 0 Å². The number of hydrogen-bond donors (Lipinski definition) is 0. The van der Waals surface area contributed by atoms with Crippen LogP contribution in [0.5, 0.6) is 0 Å². The van der Waals surface area contributed by atoms with Crippen LogP contribution in [-0.2, 0) is 26.2 Å². The molecule has 0 unspecified atom stereocenters. The van der Waals surface area contributed by atoms with E-state index >= 15 is 0 Å². The molecule has 0 aromatic heterocycles. The molecule has 0 saturated carbocycles. The summed E-state index contributed by atoms with van der Waals surface area (Å²) in [5.41, 5.74) is 6.69. The van der Waals surface area contributed by atoms with Crippen LogP contribution in [0.2, 0.25) is 0 Å². The van der Waals surface area contributed by atoms with Crippen LogP contribution in [0.4, 0.5) is 0 Å². The Balaban J connectivity index is -0.0000000800. The van der Waals surface area contributed by atoms with Crippen LogP contribution >= 0.6 is 0 Å². The van der Waals surface area contributed by atoms with Crippen molar-refractivity contribution in [2.45, 2.75) is 26.3 Å². The largest absolute Gasteiger partial charge is 2.00 e. The molecule has 7 heavy (non-hydrogen) atoms. The van der Waals surface area contributed by atoms with Crippen molar-refractivity contribution in [3.05, 3.63) is 5.73 Å². The molecule has 0 atom stereocenters. The van der Waals surface area contributed by atoms with Crippen molar-refractivity contribution in [2.75, 3.05) is 0 Å². The van der Waals surface area contributed by atoms with Gasteiger partial charge in [-0.3, -0.25) is 0 Å². The molecule has 0 aromatic rings. The number of halogens is 1. The molecule has 0 heterocycles. The first-order chi connectivity index (χ1) is 2.00. The Hall–Kier alpha value is 1.13. The normalized spacial score (nSPS) is 8.57. The fraction of sp³-hybridized carbons (Fsp3) is 1.00. The van der Waals surface area contributed by atoms with E-state index in [1.165, 1.54) is 0 Å². The van der Waals surface area contributed by atoms with Crippen LogP contribution in [0.1, 0.15) is 20.8 Å². The van der Waals surface area contributed by atoms with E-state index in [0.717, 1.165) is 0 Å². The van der Waals surface area contributed by atoms with Gasteiger partial charge in [0.25, 0.3) is 0 Å². The van der Waals surface area contributed by atoms with Crippen LogP contribution < -0.4 is 12.4 Å². The maximum atomic E-state index is 6.94. The third-order valence-electron chi connectivity index (χ3n) is 0. The van der Waals surface area contributed by atoms with Crippen molar-refractivity contribution in [1.29, 1.82) is 0 Å². The summed E-state index contributed by atoms with van der Waals surface area (Å²) in [6.07, 6.45) is 0. The smallest absolute Gasteiger partial charge is 1.00 e. The monoisotopic (exact) mass is 197 g/mol. The second kappa shape index (κ2) is 5.27. The molecule has 0 amide bonds. The minimum Gasteiger partial charge on any atom is -1.00 e. The van der Waals surface area contributed by atoms with Gasteiger partial charge in [-0.15, -0.1) is 5.54 Å². The third kappa shape index (κ3) is 146. The van der Waals surface area contributed by atoms with E-state index < -0.39 is 0 Å². The zero-order valence-electron chi connectivity index (χ0n) is 4.88. The third-order valence-corrected chi connectivity index (χ3v) is 0. The first-order valence-corrected chi connectivity index (χ1v) is 1.75. The minimum absolute atomic E-state index is 0. The number of nitrogens with one attached hydrogen (secondary N) is 1. The predicted molar refractivity (Wildman–Crippen MR) is 24.1 cm³/mol. The molecule has 3 heteroatoms. The molecule has 0 aliphatic rings. The van der Waals surface area contributed by atoms with Gasteiger partial charge in [0.05, 0.1) is 0 Å². The zero-order valence-corrected chi connectivity index (χ0v) is 8.09. The van der Waals surface area contributed by atoms with Crippen molar-refractivity contribution >= 4 is 0 Å². The SMILES string of the molecule is CC(C)(C)[NH-].[Cl-].[Zr+2]. The van der Waals surface area contributed by atoms with Gasteiger partial charge in [-0.2, -0.15) is 0 Å². The van der Waals surface area contributed by atoms with Crippen molar-refractivity contribution < 1.29 is 38.6 Å². The van der Waals surface area contributed by atoms with Crippen molar-refractivity contribution in [3.63, 3.8) is 0 Å². The molecule has 0 aliphatic heterocycles. The Labute approximate surface area is 70.6 Å². The van der Waals surface area contributed by atoms with Crippen LogP contribution in [0.3, 0.4) is 0 Å². The van der Waals surface area contributed by atoms with Crippen molar-refractivity contribution in [3.8, 4) is 0 Å². The summed E-state index contributed by atoms with van der Waals surface area (Å²) >= 11 is 0. The summed E-state index contributed by atoms with van der Waals surface area (Å²) in [5.74, 6) is 0. The van der Waals surface area contributed by atoms with Crippen LogP contribution in [0, 0.1) is 0 Å². The molecule has 1 nitrogen and oxygen atoms in total. The van der Waals surface area contributed by atoms with Gasteiger partial charge in [0.1, 0.15) is 0 Å². The Bertz CT molecular complexity index is 27.2. The molecule has 0 radical (unpaired) electrons. The molecule has 0 saturated heterocycles. The van der Waals surface area contributed by atoms with E-state index in [1.54, 1.807) is 0 Å². The van der Waals surface area contributed by atoms with E-state index in [0.29, 0.717) is 0 Å². The molecule has 42 valence electrons. The van der Waals surface area contributed by atoms with Crippen LogP contribution in [0.15, 0.2) is 0 Å². The fourth-order valence-electron chi connectivity index (χ4n) is 0. The number of hydrogen-bond acceptors (Lipinski definition) is 0. The van der Waals surface area contributed by atoms with Gasteiger partial charge in [-0.25, -0.2) is 0 Å². The molecule has 0 aromatic carbocycles. The first kappa shape index (κ1) is 15.7. The van der Waals surface area contributed by atoms with Crippen LogP contribution in [-0.4, -0.2) is 5.54 Å². The van der Waals surface area contributed by atoms with Crippen molar-refractivity contribution in [2.24, 2.45) is 0 Å². The Kier molecular flexibility index (Phi) is 11.8. The summed E-state index contributed by atoms with van der Waals surface area (Å²) in [5, 5.41) is 0. The first-order valence-electron chi connectivity index (χ1n) is 1.75. The number of rotatable bonds is 0. The summed E-state index contributed by atoms with van der Waals surface area (Å²) in [6.45, 7) is 5.56. The van der Waals surface area contributed by atoms with E-state index in [1.807, 2.05) is 20.8 Å². The van der Waals surface area contributed by atoms with E-state index in [2.05, 4.69) is 0 Å². The molecule has 0 rings (SSSR count). The summed E-state index contributed by atoms with van der Waals surface area (Å²) < 4.78 is 0. The summed E-state index contributed by atoms with van der Waals surface area (Å²) in [4.78, 5) is 0. The van der Waals surface area contributed by atoms with E-state index in [9.17, 15) is 0 Å². The molecule has 0 aliphatic carbocycles. The fourth-order valence-corrected chi connectivity index (χ4v) is 0.